The summed E-state index contributed by atoms with van der Waals surface area (Å²) in [5.41, 5.74) is 3.58. The van der Waals surface area contributed by atoms with Crippen molar-refractivity contribution in [2.45, 2.75) is 6.42 Å². The van der Waals surface area contributed by atoms with Crippen LogP contribution in [0.1, 0.15) is 5.69 Å². The summed E-state index contributed by atoms with van der Waals surface area (Å²) >= 11 is 1.57. The maximum atomic E-state index is 13.6. The zero-order chi connectivity index (χ0) is 26.6. The molecule has 6 rings (SSSR count). The molecule has 0 spiro atoms. The predicted molar refractivity (Wildman–Crippen MR) is 154 cm³/mol. The van der Waals surface area contributed by atoms with Crippen molar-refractivity contribution < 1.29 is 13.9 Å². The molecule has 200 valence electrons. The number of morpholine rings is 1. The Morgan fingerprint density at radius 1 is 1.03 bits per heavy atom. The first-order valence-electron chi connectivity index (χ1n) is 13.2. The number of carbonyl (C=O) groups excluding carboxylic acids is 1. The van der Waals surface area contributed by atoms with Crippen LogP contribution in [0.3, 0.4) is 0 Å². The van der Waals surface area contributed by atoms with Crippen LogP contribution in [-0.4, -0.2) is 71.2 Å². The van der Waals surface area contributed by atoms with Crippen molar-refractivity contribution in [3.05, 3.63) is 89.8 Å². The molecule has 1 N–H and O–H groups in total. The van der Waals surface area contributed by atoms with Crippen LogP contribution >= 0.6 is 11.3 Å². The maximum Gasteiger partial charge on any atom is 0.321 e. The summed E-state index contributed by atoms with van der Waals surface area (Å²) in [6, 6.07) is 20.3. The molecule has 0 radical (unpaired) electrons. The number of imidazole rings is 1. The third-order valence-electron chi connectivity index (χ3n) is 7.17. The smallest absolute Gasteiger partial charge is 0.321 e. The standard InChI is InChI=1S/C30H30FN5O2S/c31-24-10-8-23(9-11-24)28-20-36-25(21-39-30(36)33-28)12-13-35(15-14-34-16-18-38-19-17-34)29(37)32-27-7-3-5-22-4-1-2-6-26(22)27/h1-11,20-21H,12-19H2,(H,32,37). The van der Waals surface area contributed by atoms with E-state index in [0.29, 0.717) is 19.5 Å². The third kappa shape index (κ3) is 5.80. The van der Waals surface area contributed by atoms with Gasteiger partial charge < -0.3 is 15.0 Å². The number of nitrogens with one attached hydrogen (secondary N) is 1. The molecule has 0 atom stereocenters. The van der Waals surface area contributed by atoms with E-state index in [4.69, 9.17) is 9.72 Å². The Kier molecular flexibility index (Phi) is 7.53. The van der Waals surface area contributed by atoms with Crippen LogP contribution in [0.5, 0.6) is 0 Å². The Balaban J connectivity index is 1.19. The number of hydrogen-bond donors (Lipinski definition) is 1. The van der Waals surface area contributed by atoms with Gasteiger partial charge in [0.05, 0.1) is 24.6 Å². The second-order valence-electron chi connectivity index (χ2n) is 9.66. The van der Waals surface area contributed by atoms with E-state index in [9.17, 15) is 9.18 Å². The van der Waals surface area contributed by atoms with Crippen molar-refractivity contribution in [3.63, 3.8) is 0 Å². The Morgan fingerprint density at radius 2 is 1.82 bits per heavy atom. The molecular formula is C30H30FN5O2S. The van der Waals surface area contributed by atoms with Crippen molar-refractivity contribution >= 4 is 38.8 Å². The molecule has 5 aromatic rings. The van der Waals surface area contributed by atoms with Gasteiger partial charge in [0.25, 0.3) is 0 Å². The van der Waals surface area contributed by atoms with Gasteiger partial charge in [0.15, 0.2) is 4.96 Å². The summed E-state index contributed by atoms with van der Waals surface area (Å²) in [5, 5.41) is 7.38. The number of nitrogens with zero attached hydrogens (tertiary/aromatic N) is 4. The SMILES string of the molecule is O=C(Nc1cccc2ccccc12)N(CCc1csc2nc(-c3ccc(F)cc3)cn12)CCN1CCOCC1. The summed E-state index contributed by atoms with van der Waals surface area (Å²) in [5.74, 6) is -0.264. The molecule has 9 heteroatoms. The minimum absolute atomic E-state index is 0.108. The van der Waals surface area contributed by atoms with Crippen molar-refractivity contribution in [2.24, 2.45) is 0 Å². The lowest BCUT2D eigenvalue weighted by Crippen LogP contribution is -2.45. The lowest BCUT2D eigenvalue weighted by molar-refractivity contribution is 0.0352. The highest BCUT2D eigenvalue weighted by atomic mass is 32.1. The van der Waals surface area contributed by atoms with Crippen LogP contribution in [0.15, 0.2) is 78.3 Å². The summed E-state index contributed by atoms with van der Waals surface area (Å²) in [7, 11) is 0. The fraction of sp³-hybridized carbons (Fsp3) is 0.267. The van der Waals surface area contributed by atoms with Gasteiger partial charge in [-0.2, -0.15) is 0 Å². The molecule has 39 heavy (non-hydrogen) atoms. The van der Waals surface area contributed by atoms with E-state index in [0.717, 1.165) is 71.2 Å². The van der Waals surface area contributed by atoms with E-state index in [2.05, 4.69) is 20.0 Å². The number of rotatable bonds is 8. The molecule has 2 amide bonds. The third-order valence-corrected chi connectivity index (χ3v) is 8.06. The monoisotopic (exact) mass is 543 g/mol. The molecule has 1 aliphatic heterocycles. The van der Waals surface area contributed by atoms with Crippen molar-refractivity contribution in [3.8, 4) is 11.3 Å². The minimum Gasteiger partial charge on any atom is -0.379 e. The lowest BCUT2D eigenvalue weighted by atomic mass is 10.1. The van der Waals surface area contributed by atoms with Crippen molar-refractivity contribution in [2.75, 3.05) is 51.3 Å². The molecular weight excluding hydrogens is 513 g/mol. The normalized spacial score (nSPS) is 14.2. The highest BCUT2D eigenvalue weighted by Gasteiger charge is 2.19. The van der Waals surface area contributed by atoms with Crippen LogP contribution in [-0.2, 0) is 11.2 Å². The summed E-state index contributed by atoms with van der Waals surface area (Å²) in [6.45, 7) is 5.20. The predicted octanol–water partition coefficient (Wildman–Crippen LogP) is 5.76. The average molecular weight is 544 g/mol. The second-order valence-corrected chi connectivity index (χ2v) is 10.5. The van der Waals surface area contributed by atoms with Gasteiger partial charge in [0, 0.05) is 67.4 Å². The fourth-order valence-electron chi connectivity index (χ4n) is 4.95. The number of urea groups is 1. The fourth-order valence-corrected chi connectivity index (χ4v) is 5.86. The number of ether oxygens (including phenoxy) is 1. The van der Waals surface area contributed by atoms with Gasteiger partial charge in [-0.1, -0.05) is 36.4 Å². The first-order chi connectivity index (χ1) is 19.1. The summed E-state index contributed by atoms with van der Waals surface area (Å²) in [4.78, 5) is 23.4. The Morgan fingerprint density at radius 3 is 2.67 bits per heavy atom. The number of benzene rings is 3. The molecule has 0 unspecified atom stereocenters. The minimum atomic E-state index is -0.264. The number of hydrogen-bond acceptors (Lipinski definition) is 5. The second kappa shape index (κ2) is 11.5. The number of carbonyl (C=O) groups is 1. The molecule has 3 aromatic carbocycles. The van der Waals surface area contributed by atoms with Gasteiger partial charge in [-0.3, -0.25) is 9.30 Å². The quantitative estimate of drug-likeness (QED) is 0.270. The van der Waals surface area contributed by atoms with E-state index in [1.54, 1.807) is 23.5 Å². The average Bonchev–Trinajstić information content (AvgIpc) is 3.56. The van der Waals surface area contributed by atoms with E-state index in [1.165, 1.54) is 12.1 Å². The van der Waals surface area contributed by atoms with Gasteiger partial charge in [0.1, 0.15) is 5.82 Å². The Bertz CT molecular complexity index is 1570. The topological polar surface area (TPSA) is 62.1 Å². The van der Waals surface area contributed by atoms with Gasteiger partial charge in [-0.15, -0.1) is 11.3 Å². The van der Waals surface area contributed by atoms with Crippen LogP contribution in [0.2, 0.25) is 0 Å². The molecule has 3 heterocycles. The Labute approximate surface area is 230 Å². The molecule has 1 fully saturated rings. The van der Waals surface area contributed by atoms with E-state index in [-0.39, 0.29) is 11.8 Å². The molecule has 1 aliphatic rings. The highest BCUT2D eigenvalue weighted by molar-refractivity contribution is 7.15. The molecule has 0 aliphatic carbocycles. The first-order valence-corrected chi connectivity index (χ1v) is 14.1. The van der Waals surface area contributed by atoms with Crippen LogP contribution in [0, 0.1) is 5.82 Å². The van der Waals surface area contributed by atoms with Gasteiger partial charge in [-0.05, 0) is 35.7 Å². The molecule has 2 aromatic heterocycles. The zero-order valence-electron chi connectivity index (χ0n) is 21.6. The van der Waals surface area contributed by atoms with Gasteiger partial charge in [-0.25, -0.2) is 14.2 Å². The van der Waals surface area contributed by atoms with Crippen LogP contribution in [0.4, 0.5) is 14.9 Å². The number of aromatic nitrogens is 2. The van der Waals surface area contributed by atoms with E-state index >= 15 is 0 Å². The number of fused-ring (bicyclic) bond motifs is 2. The lowest BCUT2D eigenvalue weighted by Gasteiger charge is -2.30. The summed E-state index contributed by atoms with van der Waals surface area (Å²) < 4.78 is 20.9. The molecule has 0 saturated carbocycles. The Hall–Kier alpha value is -3.79. The summed E-state index contributed by atoms with van der Waals surface area (Å²) in [6.07, 6.45) is 2.67. The van der Waals surface area contributed by atoms with Gasteiger partial charge in [0.2, 0.25) is 0 Å². The first kappa shape index (κ1) is 25.5. The maximum absolute atomic E-state index is 13.6. The van der Waals surface area contributed by atoms with E-state index in [1.807, 2.05) is 53.6 Å². The molecule has 1 saturated heterocycles. The van der Waals surface area contributed by atoms with Crippen molar-refractivity contribution in [1.82, 2.24) is 19.2 Å². The van der Waals surface area contributed by atoms with E-state index < -0.39 is 0 Å². The number of anilines is 1. The highest BCUT2D eigenvalue weighted by Crippen LogP contribution is 2.25. The largest absolute Gasteiger partial charge is 0.379 e. The van der Waals surface area contributed by atoms with Crippen LogP contribution in [0.25, 0.3) is 27.0 Å². The van der Waals surface area contributed by atoms with Gasteiger partial charge >= 0.3 is 6.03 Å². The van der Waals surface area contributed by atoms with Crippen LogP contribution < -0.4 is 5.32 Å². The number of halogens is 1. The number of amides is 2. The molecule has 0 bridgehead atoms. The molecule has 7 nitrogen and oxygen atoms in total. The number of thiazole rings is 1. The zero-order valence-corrected chi connectivity index (χ0v) is 22.4. The van der Waals surface area contributed by atoms with Crippen molar-refractivity contribution in [1.29, 1.82) is 0 Å².